The molecule has 0 aromatic heterocycles. The zero-order valence-corrected chi connectivity index (χ0v) is 13.3. The molecule has 2 rings (SSSR count). The number of carboxylic acid groups (broad SMARTS) is 1. The maximum absolute atomic E-state index is 11.8. The molecule has 0 bridgehead atoms. The van der Waals surface area contributed by atoms with Crippen LogP contribution < -0.4 is 0 Å². The van der Waals surface area contributed by atoms with E-state index in [1.165, 1.54) is 6.26 Å². The highest BCUT2D eigenvalue weighted by Crippen LogP contribution is 2.31. The summed E-state index contributed by atoms with van der Waals surface area (Å²) in [4.78, 5) is 12.7. The maximum Gasteiger partial charge on any atom is 0.305 e. The van der Waals surface area contributed by atoms with Crippen molar-refractivity contribution in [2.24, 2.45) is 0 Å². The van der Waals surface area contributed by atoms with Crippen molar-refractivity contribution in [3.63, 3.8) is 0 Å². The van der Waals surface area contributed by atoms with Crippen LogP contribution in [0.2, 0.25) is 0 Å². The molecular formula is C14H25NO5S. The predicted molar refractivity (Wildman–Crippen MR) is 79.1 cm³/mol. The first-order valence-electron chi connectivity index (χ1n) is 7.64. The molecule has 7 heteroatoms. The smallest absolute Gasteiger partial charge is 0.305 e. The van der Waals surface area contributed by atoms with Gasteiger partial charge in [0.05, 0.1) is 24.4 Å². The third-order valence-corrected chi connectivity index (χ3v) is 6.23. The molecule has 1 heterocycles. The predicted octanol–water partition coefficient (Wildman–Crippen LogP) is 0.908. The zero-order chi connectivity index (χ0) is 15.5. The van der Waals surface area contributed by atoms with Crippen LogP contribution in [0.4, 0.5) is 0 Å². The summed E-state index contributed by atoms with van der Waals surface area (Å²) >= 11 is 0. The van der Waals surface area contributed by atoms with Crippen LogP contribution in [0.25, 0.3) is 0 Å². The van der Waals surface area contributed by atoms with Gasteiger partial charge in [-0.25, -0.2) is 8.42 Å². The lowest BCUT2D eigenvalue weighted by atomic mass is 10.0. The summed E-state index contributed by atoms with van der Waals surface area (Å²) in [6.45, 7) is 1.94. The summed E-state index contributed by atoms with van der Waals surface area (Å²) in [6, 6.07) is 0.153. The molecule has 122 valence electrons. The molecule has 1 aliphatic heterocycles. The number of aliphatic carboxylic acids is 1. The van der Waals surface area contributed by atoms with Crippen molar-refractivity contribution in [3.05, 3.63) is 0 Å². The molecule has 1 N–H and O–H groups in total. The van der Waals surface area contributed by atoms with Crippen LogP contribution in [-0.4, -0.2) is 67.7 Å². The van der Waals surface area contributed by atoms with Crippen LogP contribution in [0.3, 0.4) is 0 Å². The highest BCUT2D eigenvalue weighted by Gasteiger charge is 2.39. The second kappa shape index (κ2) is 7.07. The van der Waals surface area contributed by atoms with Gasteiger partial charge in [0.2, 0.25) is 0 Å². The summed E-state index contributed by atoms with van der Waals surface area (Å²) in [5, 5.41) is 8.37. The molecule has 0 aromatic rings. The summed E-state index contributed by atoms with van der Waals surface area (Å²) in [5.74, 6) is -0.839. The summed E-state index contributed by atoms with van der Waals surface area (Å²) in [6.07, 6.45) is 5.92. The Labute approximate surface area is 126 Å². The lowest BCUT2D eigenvalue weighted by molar-refractivity contribution is -0.138. The molecule has 1 saturated carbocycles. The number of piperidine rings is 1. The van der Waals surface area contributed by atoms with Gasteiger partial charge in [0.1, 0.15) is 0 Å². The van der Waals surface area contributed by atoms with Crippen LogP contribution in [0, 0.1) is 0 Å². The fourth-order valence-corrected chi connectivity index (χ4v) is 4.98. The molecule has 2 aliphatic rings. The van der Waals surface area contributed by atoms with Crippen molar-refractivity contribution in [1.29, 1.82) is 0 Å². The monoisotopic (exact) mass is 319 g/mol. The largest absolute Gasteiger partial charge is 0.481 e. The number of likely N-dealkylation sites (tertiary alicyclic amines) is 1. The Morgan fingerprint density at radius 3 is 2.48 bits per heavy atom. The SMILES string of the molecule is CS(=O)(=O)C1CCCC1N1CCC(OCCC(=O)O)CC1. The zero-order valence-electron chi connectivity index (χ0n) is 12.5. The Kier molecular flexibility index (Phi) is 5.62. The van der Waals surface area contributed by atoms with Gasteiger partial charge in [-0.1, -0.05) is 6.42 Å². The quantitative estimate of drug-likeness (QED) is 0.783. The Hall–Kier alpha value is -0.660. The van der Waals surface area contributed by atoms with E-state index in [1.54, 1.807) is 0 Å². The van der Waals surface area contributed by atoms with E-state index in [4.69, 9.17) is 9.84 Å². The van der Waals surface area contributed by atoms with Crippen molar-refractivity contribution >= 4 is 15.8 Å². The standard InChI is InChI=1S/C14H25NO5S/c1-21(18,19)13-4-2-3-12(13)15-8-5-11(6-9-15)20-10-7-14(16)17/h11-13H,2-10H2,1H3,(H,16,17). The summed E-state index contributed by atoms with van der Waals surface area (Å²) < 4.78 is 29.3. The number of ether oxygens (including phenoxy) is 1. The number of hydrogen-bond donors (Lipinski definition) is 1. The van der Waals surface area contributed by atoms with Crippen molar-refractivity contribution in [3.8, 4) is 0 Å². The lowest BCUT2D eigenvalue weighted by Gasteiger charge is -2.37. The van der Waals surface area contributed by atoms with E-state index in [0.29, 0.717) is 0 Å². The van der Waals surface area contributed by atoms with Crippen molar-refractivity contribution in [1.82, 2.24) is 4.90 Å². The minimum atomic E-state index is -2.98. The van der Waals surface area contributed by atoms with Crippen LogP contribution in [-0.2, 0) is 19.4 Å². The van der Waals surface area contributed by atoms with Crippen molar-refractivity contribution in [2.45, 2.75) is 55.9 Å². The van der Waals surface area contributed by atoms with Gasteiger partial charge in [0, 0.05) is 25.4 Å². The van der Waals surface area contributed by atoms with E-state index in [1.807, 2.05) is 0 Å². The number of nitrogens with zero attached hydrogens (tertiary/aromatic N) is 1. The van der Waals surface area contributed by atoms with Gasteiger partial charge >= 0.3 is 5.97 Å². The molecule has 1 saturated heterocycles. The third kappa shape index (κ3) is 4.66. The Morgan fingerprint density at radius 2 is 1.90 bits per heavy atom. The molecule has 0 spiro atoms. The normalized spacial score (nSPS) is 28.8. The first-order valence-corrected chi connectivity index (χ1v) is 9.59. The van der Waals surface area contributed by atoms with Crippen LogP contribution in [0.5, 0.6) is 0 Å². The fraction of sp³-hybridized carbons (Fsp3) is 0.929. The molecular weight excluding hydrogens is 294 g/mol. The highest BCUT2D eigenvalue weighted by atomic mass is 32.2. The molecule has 0 aromatic carbocycles. The molecule has 21 heavy (non-hydrogen) atoms. The molecule has 1 aliphatic carbocycles. The summed E-state index contributed by atoms with van der Waals surface area (Å²) in [5.41, 5.74) is 0. The topological polar surface area (TPSA) is 83.9 Å². The maximum atomic E-state index is 11.8. The molecule has 0 amide bonds. The van der Waals surface area contributed by atoms with E-state index in [0.717, 1.165) is 45.2 Å². The Bertz CT molecular complexity index is 456. The van der Waals surface area contributed by atoms with Gasteiger partial charge in [-0.2, -0.15) is 0 Å². The number of rotatable bonds is 6. The highest BCUT2D eigenvalue weighted by molar-refractivity contribution is 7.91. The number of carbonyl (C=O) groups is 1. The number of sulfone groups is 1. The molecule has 2 fully saturated rings. The molecule has 0 radical (unpaired) electrons. The second-order valence-electron chi connectivity index (χ2n) is 6.12. The number of hydrogen-bond acceptors (Lipinski definition) is 5. The average molecular weight is 319 g/mol. The van der Waals surface area contributed by atoms with Crippen LogP contribution in [0.1, 0.15) is 38.5 Å². The lowest BCUT2D eigenvalue weighted by Crippen LogP contribution is -2.48. The minimum Gasteiger partial charge on any atom is -0.481 e. The van der Waals surface area contributed by atoms with Gasteiger partial charge in [-0.05, 0) is 25.7 Å². The fourth-order valence-electron chi connectivity index (χ4n) is 3.51. The van der Waals surface area contributed by atoms with E-state index in [2.05, 4.69) is 4.90 Å². The molecule has 2 unspecified atom stereocenters. The average Bonchev–Trinajstić information content (AvgIpc) is 2.88. The number of carboxylic acids is 1. The second-order valence-corrected chi connectivity index (χ2v) is 8.38. The first-order chi connectivity index (χ1) is 9.88. The van der Waals surface area contributed by atoms with Gasteiger partial charge in [0.25, 0.3) is 0 Å². The van der Waals surface area contributed by atoms with Crippen LogP contribution >= 0.6 is 0 Å². The van der Waals surface area contributed by atoms with E-state index in [-0.39, 0.29) is 30.4 Å². The van der Waals surface area contributed by atoms with Crippen molar-refractivity contribution < 1.29 is 23.1 Å². The van der Waals surface area contributed by atoms with E-state index in [9.17, 15) is 13.2 Å². The Morgan fingerprint density at radius 1 is 1.24 bits per heavy atom. The van der Waals surface area contributed by atoms with Crippen molar-refractivity contribution in [2.75, 3.05) is 26.0 Å². The van der Waals surface area contributed by atoms with Crippen LogP contribution in [0.15, 0.2) is 0 Å². The molecule has 2 atom stereocenters. The first kappa shape index (κ1) is 16.7. The van der Waals surface area contributed by atoms with E-state index < -0.39 is 15.8 Å². The Balaban J connectivity index is 1.79. The van der Waals surface area contributed by atoms with E-state index >= 15 is 0 Å². The van der Waals surface area contributed by atoms with Gasteiger partial charge in [0.15, 0.2) is 9.84 Å². The third-order valence-electron chi connectivity index (χ3n) is 4.58. The van der Waals surface area contributed by atoms with Gasteiger partial charge in [-0.15, -0.1) is 0 Å². The molecule has 6 nitrogen and oxygen atoms in total. The van der Waals surface area contributed by atoms with Gasteiger partial charge in [-0.3, -0.25) is 9.69 Å². The van der Waals surface area contributed by atoms with Gasteiger partial charge < -0.3 is 9.84 Å². The minimum absolute atomic E-state index is 0.0407. The summed E-state index contributed by atoms with van der Waals surface area (Å²) in [7, 11) is -2.98.